The lowest BCUT2D eigenvalue weighted by atomic mass is 10.0. The van der Waals surface area contributed by atoms with Gasteiger partial charge in [-0.1, -0.05) is 84.0 Å². The first kappa shape index (κ1) is 27.0. The summed E-state index contributed by atoms with van der Waals surface area (Å²) in [6.07, 6.45) is 6.21. The molecule has 1 atom stereocenters. The largest absolute Gasteiger partial charge is 0.322 e. The number of hydrogen-bond donors (Lipinski definition) is 1. The number of nitrogens with two attached hydrogens (primary N) is 1. The van der Waals surface area contributed by atoms with Crippen LogP contribution in [0.1, 0.15) is 72.8 Å². The summed E-state index contributed by atoms with van der Waals surface area (Å²) >= 11 is 5.64. The van der Waals surface area contributed by atoms with Crippen molar-refractivity contribution in [2.24, 2.45) is 11.7 Å². The monoisotopic (exact) mass is 343 g/mol. The van der Waals surface area contributed by atoms with E-state index in [4.69, 9.17) is 17.3 Å². The van der Waals surface area contributed by atoms with Gasteiger partial charge in [-0.25, -0.2) is 0 Å². The van der Waals surface area contributed by atoms with Crippen LogP contribution in [0.2, 0.25) is 5.02 Å². The van der Waals surface area contributed by atoms with Gasteiger partial charge in [0.1, 0.15) is 6.29 Å². The molecule has 0 radical (unpaired) electrons. The van der Waals surface area contributed by atoms with Gasteiger partial charge in [0.05, 0.1) is 6.04 Å². The summed E-state index contributed by atoms with van der Waals surface area (Å²) in [7, 11) is 0. The lowest BCUT2D eigenvalue weighted by Gasteiger charge is -2.05. The van der Waals surface area contributed by atoms with Crippen molar-refractivity contribution in [3.8, 4) is 0 Å². The predicted molar refractivity (Wildman–Crippen MR) is 106 cm³/mol. The molecular formula is C20H38ClNO. The molecule has 136 valence electrons. The zero-order valence-electron chi connectivity index (χ0n) is 16.2. The highest BCUT2D eigenvalue weighted by Gasteiger charge is 1.95. The van der Waals surface area contributed by atoms with E-state index in [1.54, 1.807) is 6.92 Å². The third kappa shape index (κ3) is 26.4. The Morgan fingerprint density at radius 2 is 1.57 bits per heavy atom. The summed E-state index contributed by atoms with van der Waals surface area (Å²) in [5.74, 6) is 0.963. The molecule has 0 spiro atoms. The molecule has 23 heavy (non-hydrogen) atoms. The van der Waals surface area contributed by atoms with E-state index in [9.17, 15) is 4.79 Å². The Kier molecular flexibility index (Phi) is 24.8. The van der Waals surface area contributed by atoms with E-state index in [2.05, 4.69) is 20.8 Å². The topological polar surface area (TPSA) is 43.1 Å². The lowest BCUT2D eigenvalue weighted by molar-refractivity contribution is -0.108. The molecule has 0 saturated carbocycles. The minimum Gasteiger partial charge on any atom is -0.322 e. The molecule has 1 rings (SSSR count). The minimum atomic E-state index is -0.296. The second kappa shape index (κ2) is 21.1. The Hall–Kier alpha value is -0.860. The maximum atomic E-state index is 9.38. The molecule has 0 aromatic heterocycles. The molecule has 1 aromatic rings. The molecule has 0 aliphatic carbocycles. The fourth-order valence-electron chi connectivity index (χ4n) is 1.74. The van der Waals surface area contributed by atoms with Crippen LogP contribution in [0.25, 0.3) is 0 Å². The van der Waals surface area contributed by atoms with Crippen LogP contribution >= 0.6 is 11.6 Å². The first-order valence-electron chi connectivity index (χ1n) is 8.80. The molecule has 0 aliphatic rings. The smallest absolute Gasteiger partial charge is 0.136 e. The molecule has 3 heteroatoms. The highest BCUT2D eigenvalue weighted by molar-refractivity contribution is 6.30. The third-order valence-electron chi connectivity index (χ3n) is 2.76. The van der Waals surface area contributed by atoms with Crippen molar-refractivity contribution in [2.75, 3.05) is 0 Å². The Morgan fingerprint density at radius 1 is 1.13 bits per heavy atom. The van der Waals surface area contributed by atoms with Crippen molar-refractivity contribution < 1.29 is 4.79 Å². The van der Waals surface area contributed by atoms with Crippen LogP contribution in [-0.2, 0) is 4.79 Å². The maximum absolute atomic E-state index is 9.38. The number of aryl methyl sites for hydroxylation is 1. The average Bonchev–Trinajstić information content (AvgIpc) is 2.51. The summed E-state index contributed by atoms with van der Waals surface area (Å²) in [6.45, 7) is 14.5. The SMILES string of the molecule is CC.CC(N)C=O.CCCC(C)CCC.Cc1cccc(Cl)c1. The normalized spacial score (nSPS) is 10.2. The zero-order valence-corrected chi connectivity index (χ0v) is 17.0. The van der Waals surface area contributed by atoms with Gasteiger partial charge in [-0.2, -0.15) is 0 Å². The van der Waals surface area contributed by atoms with Crippen LogP contribution in [0.3, 0.4) is 0 Å². The van der Waals surface area contributed by atoms with Crippen LogP contribution < -0.4 is 5.73 Å². The molecule has 0 bridgehead atoms. The average molecular weight is 344 g/mol. The maximum Gasteiger partial charge on any atom is 0.136 e. The molecule has 0 heterocycles. The minimum absolute atomic E-state index is 0.296. The molecule has 2 N–H and O–H groups in total. The predicted octanol–water partition coefficient (Wildman–Crippen LogP) is 6.43. The fourth-order valence-corrected chi connectivity index (χ4v) is 1.98. The van der Waals surface area contributed by atoms with Crippen LogP contribution in [-0.4, -0.2) is 12.3 Å². The summed E-state index contributed by atoms with van der Waals surface area (Å²) in [4.78, 5) is 9.38. The Morgan fingerprint density at radius 3 is 1.78 bits per heavy atom. The van der Waals surface area contributed by atoms with Crippen molar-refractivity contribution >= 4 is 17.9 Å². The summed E-state index contributed by atoms with van der Waals surface area (Å²) < 4.78 is 0. The van der Waals surface area contributed by atoms with Crippen molar-refractivity contribution in [1.82, 2.24) is 0 Å². The van der Waals surface area contributed by atoms with Gasteiger partial charge in [-0.15, -0.1) is 0 Å². The molecule has 0 fully saturated rings. The van der Waals surface area contributed by atoms with Crippen LogP contribution in [0, 0.1) is 12.8 Å². The van der Waals surface area contributed by atoms with Gasteiger partial charge in [0.25, 0.3) is 0 Å². The summed E-state index contributed by atoms with van der Waals surface area (Å²) in [6, 6.07) is 7.47. The van der Waals surface area contributed by atoms with E-state index < -0.39 is 0 Å². The van der Waals surface area contributed by atoms with Crippen LogP contribution in [0.4, 0.5) is 0 Å². The summed E-state index contributed by atoms with van der Waals surface area (Å²) in [5.41, 5.74) is 6.13. The zero-order chi connectivity index (χ0) is 18.7. The Labute approximate surface area is 149 Å². The Balaban J connectivity index is -0.000000254. The number of rotatable bonds is 5. The van der Waals surface area contributed by atoms with Crippen molar-refractivity contribution in [2.45, 2.75) is 80.2 Å². The number of halogens is 1. The second-order valence-corrected chi connectivity index (χ2v) is 5.91. The van der Waals surface area contributed by atoms with E-state index in [0.717, 1.165) is 10.9 Å². The van der Waals surface area contributed by atoms with E-state index in [1.807, 2.05) is 45.0 Å². The van der Waals surface area contributed by atoms with Crippen LogP contribution in [0.15, 0.2) is 24.3 Å². The number of carbonyl (C=O) groups is 1. The first-order valence-corrected chi connectivity index (χ1v) is 9.18. The van der Waals surface area contributed by atoms with Gasteiger partial charge >= 0.3 is 0 Å². The first-order chi connectivity index (χ1) is 10.9. The Bertz CT molecular complexity index is 330. The standard InChI is InChI=1S/C8H18.C7H7Cl.C3H7NO.C2H6/c1-4-6-8(3)7-5-2;1-6-3-2-4-7(8)5-6;1-3(4)2-5;1-2/h8H,4-7H2,1-3H3;2-5H,1H3;2-3H,4H2,1H3;1-2H3. The number of aldehydes is 1. The van der Waals surface area contributed by atoms with Gasteiger partial charge in [-0.3, -0.25) is 0 Å². The number of hydrogen-bond acceptors (Lipinski definition) is 2. The van der Waals surface area contributed by atoms with E-state index >= 15 is 0 Å². The van der Waals surface area contributed by atoms with Crippen molar-refractivity contribution in [3.05, 3.63) is 34.9 Å². The summed E-state index contributed by atoms with van der Waals surface area (Å²) in [5, 5.41) is 0.810. The number of benzene rings is 1. The van der Waals surface area contributed by atoms with Gasteiger partial charge in [0.2, 0.25) is 0 Å². The van der Waals surface area contributed by atoms with E-state index in [-0.39, 0.29) is 6.04 Å². The molecular weight excluding hydrogens is 306 g/mol. The highest BCUT2D eigenvalue weighted by atomic mass is 35.5. The van der Waals surface area contributed by atoms with Gasteiger partial charge < -0.3 is 10.5 Å². The molecule has 0 aliphatic heterocycles. The van der Waals surface area contributed by atoms with Gasteiger partial charge in [0.15, 0.2) is 0 Å². The quantitative estimate of drug-likeness (QED) is 0.626. The molecule has 1 aromatic carbocycles. The number of carbonyl (C=O) groups excluding carboxylic acids is 1. The van der Waals surface area contributed by atoms with Crippen LogP contribution in [0.5, 0.6) is 0 Å². The van der Waals surface area contributed by atoms with Crippen molar-refractivity contribution in [3.63, 3.8) is 0 Å². The van der Waals surface area contributed by atoms with E-state index in [0.29, 0.717) is 6.29 Å². The van der Waals surface area contributed by atoms with Crippen molar-refractivity contribution in [1.29, 1.82) is 0 Å². The molecule has 0 saturated heterocycles. The molecule has 0 amide bonds. The molecule has 1 unspecified atom stereocenters. The van der Waals surface area contributed by atoms with E-state index in [1.165, 1.54) is 31.2 Å². The third-order valence-corrected chi connectivity index (χ3v) is 2.99. The second-order valence-electron chi connectivity index (χ2n) is 5.48. The van der Waals surface area contributed by atoms with Gasteiger partial charge in [0, 0.05) is 5.02 Å². The lowest BCUT2D eigenvalue weighted by Crippen LogP contribution is -2.15. The van der Waals surface area contributed by atoms with Gasteiger partial charge in [-0.05, 0) is 37.5 Å². The molecule has 2 nitrogen and oxygen atoms in total. The highest BCUT2D eigenvalue weighted by Crippen LogP contribution is 2.10. The fraction of sp³-hybridized carbons (Fsp3) is 0.650.